The van der Waals surface area contributed by atoms with Gasteiger partial charge in [-0.05, 0) is 51.3 Å². The summed E-state index contributed by atoms with van der Waals surface area (Å²) in [6, 6.07) is 14.9. The van der Waals surface area contributed by atoms with Crippen molar-refractivity contribution in [2.24, 2.45) is 5.10 Å². The summed E-state index contributed by atoms with van der Waals surface area (Å²) in [6.45, 7) is 0.311. The van der Waals surface area contributed by atoms with E-state index in [1.165, 1.54) is 6.21 Å². The second-order valence-corrected chi connectivity index (χ2v) is 7.71. The van der Waals surface area contributed by atoms with Gasteiger partial charge in [-0.3, -0.25) is 15.5 Å². The average Bonchev–Trinajstić information content (AvgIpc) is 2.73. The molecular formula is C21H14BrClF3N3O3. The molecular weight excluding hydrogens is 515 g/mol. The zero-order chi connectivity index (χ0) is 23.3. The van der Waals surface area contributed by atoms with Crippen molar-refractivity contribution >= 4 is 45.1 Å². The van der Waals surface area contributed by atoms with Crippen molar-refractivity contribution in [3.8, 4) is 5.75 Å². The summed E-state index contributed by atoms with van der Waals surface area (Å²) >= 11 is 9.67. The number of nitro groups is 1. The van der Waals surface area contributed by atoms with Gasteiger partial charge in [-0.1, -0.05) is 41.9 Å². The number of halogens is 5. The number of hydrogen-bond acceptors (Lipinski definition) is 5. The van der Waals surface area contributed by atoms with Crippen LogP contribution in [0.3, 0.4) is 0 Å². The summed E-state index contributed by atoms with van der Waals surface area (Å²) in [5, 5.41) is 15.3. The third-order valence-corrected chi connectivity index (χ3v) is 5.04. The van der Waals surface area contributed by atoms with Crippen LogP contribution in [0.2, 0.25) is 5.02 Å². The number of anilines is 1. The lowest BCUT2D eigenvalue weighted by Crippen LogP contribution is -2.06. The second-order valence-electron chi connectivity index (χ2n) is 6.44. The van der Waals surface area contributed by atoms with E-state index in [1.807, 2.05) is 30.3 Å². The fourth-order valence-electron chi connectivity index (χ4n) is 2.65. The lowest BCUT2D eigenvalue weighted by Gasteiger charge is -2.11. The van der Waals surface area contributed by atoms with E-state index in [1.54, 1.807) is 12.1 Å². The smallest absolute Gasteiger partial charge is 0.416 e. The van der Waals surface area contributed by atoms with Gasteiger partial charge in [0, 0.05) is 6.07 Å². The van der Waals surface area contributed by atoms with Gasteiger partial charge in [-0.25, -0.2) is 0 Å². The highest BCUT2D eigenvalue weighted by molar-refractivity contribution is 9.10. The molecule has 0 aliphatic rings. The molecule has 1 N–H and O–H groups in total. The van der Waals surface area contributed by atoms with Crippen LogP contribution in [0.25, 0.3) is 0 Å². The number of alkyl halides is 3. The van der Waals surface area contributed by atoms with E-state index >= 15 is 0 Å². The summed E-state index contributed by atoms with van der Waals surface area (Å²) in [7, 11) is 0. The Morgan fingerprint density at radius 2 is 1.88 bits per heavy atom. The van der Waals surface area contributed by atoms with Crippen LogP contribution in [0.15, 0.2) is 70.2 Å². The lowest BCUT2D eigenvalue weighted by atomic mass is 10.1. The molecule has 0 saturated heterocycles. The predicted octanol–water partition coefficient (Wildman–Crippen LogP) is 7.05. The molecule has 0 saturated carbocycles. The number of nitrogens with zero attached hydrogens (tertiary/aromatic N) is 2. The molecule has 3 rings (SSSR count). The highest BCUT2D eigenvalue weighted by Gasteiger charge is 2.33. The molecule has 0 heterocycles. The Hall–Kier alpha value is -3.11. The molecule has 0 aromatic heterocycles. The third kappa shape index (κ3) is 5.98. The van der Waals surface area contributed by atoms with Crippen LogP contribution < -0.4 is 10.2 Å². The largest absolute Gasteiger partial charge is 0.486 e. The number of nitro benzene ring substituents is 1. The first-order chi connectivity index (χ1) is 15.1. The number of hydrazone groups is 1. The maximum absolute atomic E-state index is 12.8. The van der Waals surface area contributed by atoms with Gasteiger partial charge >= 0.3 is 6.18 Å². The highest BCUT2D eigenvalue weighted by atomic mass is 79.9. The van der Waals surface area contributed by atoms with E-state index < -0.39 is 22.4 Å². The van der Waals surface area contributed by atoms with Crippen molar-refractivity contribution in [3.63, 3.8) is 0 Å². The minimum atomic E-state index is -4.69. The Kier molecular flexibility index (Phi) is 7.37. The Balaban J connectivity index is 1.74. The quantitative estimate of drug-likeness (QED) is 0.202. The monoisotopic (exact) mass is 527 g/mol. The van der Waals surface area contributed by atoms with Crippen molar-refractivity contribution < 1.29 is 22.8 Å². The van der Waals surface area contributed by atoms with Crippen molar-refractivity contribution in [2.45, 2.75) is 12.8 Å². The Morgan fingerprint density at radius 3 is 2.50 bits per heavy atom. The molecule has 0 aliphatic heterocycles. The van der Waals surface area contributed by atoms with Crippen molar-refractivity contribution in [2.75, 3.05) is 5.43 Å². The Morgan fingerprint density at radius 1 is 1.16 bits per heavy atom. The first-order valence-electron chi connectivity index (χ1n) is 8.95. The van der Waals surface area contributed by atoms with E-state index in [-0.39, 0.29) is 5.69 Å². The maximum Gasteiger partial charge on any atom is 0.416 e. The van der Waals surface area contributed by atoms with Gasteiger partial charge in [-0.2, -0.15) is 18.3 Å². The molecule has 0 bridgehead atoms. The Labute approximate surface area is 193 Å². The number of ether oxygens (including phenoxy) is 1. The van der Waals surface area contributed by atoms with Crippen LogP contribution in [0.1, 0.15) is 16.7 Å². The van der Waals surface area contributed by atoms with Gasteiger partial charge in [0.2, 0.25) is 0 Å². The van der Waals surface area contributed by atoms with E-state index in [9.17, 15) is 23.3 Å². The SMILES string of the molecule is O=[N+]([O-])c1cc(C(F)(F)F)ccc1N/N=C\c1cc(Cl)c(OCc2ccccc2)c(Br)c1. The molecule has 0 atom stereocenters. The zero-order valence-corrected chi connectivity index (χ0v) is 18.4. The number of rotatable bonds is 7. The van der Waals surface area contributed by atoms with E-state index in [2.05, 4.69) is 26.5 Å². The van der Waals surface area contributed by atoms with Gasteiger partial charge in [0.05, 0.1) is 26.2 Å². The van der Waals surface area contributed by atoms with Gasteiger partial charge in [0.15, 0.2) is 5.75 Å². The van der Waals surface area contributed by atoms with Gasteiger partial charge in [0.1, 0.15) is 12.3 Å². The van der Waals surface area contributed by atoms with Crippen molar-refractivity contribution in [3.05, 3.63) is 97.0 Å². The maximum atomic E-state index is 12.8. The number of hydrogen-bond donors (Lipinski definition) is 1. The molecule has 3 aromatic rings. The van der Waals surface area contributed by atoms with E-state index in [4.69, 9.17) is 16.3 Å². The van der Waals surface area contributed by atoms with Crippen LogP contribution in [0.5, 0.6) is 5.75 Å². The Bertz CT molecular complexity index is 1140. The summed E-state index contributed by atoms with van der Waals surface area (Å²) < 4.78 is 44.7. The third-order valence-electron chi connectivity index (χ3n) is 4.17. The predicted molar refractivity (Wildman–Crippen MR) is 119 cm³/mol. The molecule has 32 heavy (non-hydrogen) atoms. The van der Waals surface area contributed by atoms with Crippen LogP contribution in [0.4, 0.5) is 24.5 Å². The first-order valence-corrected chi connectivity index (χ1v) is 10.1. The molecule has 166 valence electrons. The van der Waals surface area contributed by atoms with Crippen LogP contribution >= 0.6 is 27.5 Å². The molecule has 0 radical (unpaired) electrons. The van der Waals surface area contributed by atoms with E-state index in [0.717, 1.165) is 17.7 Å². The van der Waals surface area contributed by atoms with E-state index in [0.29, 0.717) is 33.5 Å². The summed E-state index contributed by atoms with van der Waals surface area (Å²) in [5.74, 6) is 0.430. The standard InChI is InChI=1S/C21H14BrClF3N3O3/c22-16-8-14(9-17(23)20(16)32-12-13-4-2-1-3-5-13)11-27-28-18-7-6-15(21(24,25)26)10-19(18)29(30)31/h1-11,28H,12H2/b27-11-. The zero-order valence-electron chi connectivity index (χ0n) is 16.1. The molecule has 0 aliphatic carbocycles. The fraction of sp³-hybridized carbons (Fsp3) is 0.0952. The number of nitrogens with one attached hydrogen (secondary N) is 1. The first kappa shape index (κ1) is 23.6. The van der Waals surface area contributed by atoms with Gasteiger partial charge in [-0.15, -0.1) is 0 Å². The molecule has 0 fully saturated rings. The van der Waals surface area contributed by atoms with Crippen molar-refractivity contribution in [1.82, 2.24) is 0 Å². The molecule has 0 amide bonds. The van der Waals surface area contributed by atoms with Crippen molar-refractivity contribution in [1.29, 1.82) is 0 Å². The normalized spacial score (nSPS) is 11.5. The highest BCUT2D eigenvalue weighted by Crippen LogP contribution is 2.36. The summed E-state index contributed by atoms with van der Waals surface area (Å²) in [6.07, 6.45) is -3.38. The average molecular weight is 529 g/mol. The van der Waals surface area contributed by atoms with Crippen LogP contribution in [-0.2, 0) is 12.8 Å². The minimum absolute atomic E-state index is 0.188. The minimum Gasteiger partial charge on any atom is -0.486 e. The number of benzene rings is 3. The van der Waals surface area contributed by atoms with Crippen LogP contribution in [-0.4, -0.2) is 11.1 Å². The molecule has 3 aromatic carbocycles. The lowest BCUT2D eigenvalue weighted by molar-refractivity contribution is -0.384. The molecule has 6 nitrogen and oxygen atoms in total. The van der Waals surface area contributed by atoms with Gasteiger partial charge in [0.25, 0.3) is 5.69 Å². The summed E-state index contributed by atoms with van der Waals surface area (Å²) in [4.78, 5) is 10.2. The summed E-state index contributed by atoms with van der Waals surface area (Å²) in [5.41, 5.74) is 1.82. The van der Waals surface area contributed by atoms with Crippen LogP contribution in [0, 0.1) is 10.1 Å². The second kappa shape index (κ2) is 10.0. The molecule has 11 heteroatoms. The van der Waals surface area contributed by atoms with Gasteiger partial charge < -0.3 is 4.74 Å². The molecule has 0 unspecified atom stereocenters. The topological polar surface area (TPSA) is 76.8 Å². The fourth-order valence-corrected chi connectivity index (χ4v) is 3.64. The molecule has 0 spiro atoms.